The van der Waals surface area contributed by atoms with Crippen LogP contribution in [0.3, 0.4) is 0 Å². The van der Waals surface area contributed by atoms with Gasteiger partial charge in [-0.25, -0.2) is 8.78 Å². The van der Waals surface area contributed by atoms with Crippen LogP contribution in [0.4, 0.5) is 8.78 Å². The van der Waals surface area contributed by atoms with Gasteiger partial charge in [0.2, 0.25) is 0 Å². The molecule has 0 N–H and O–H groups in total. The highest BCUT2D eigenvalue weighted by molar-refractivity contribution is 5.94. The van der Waals surface area contributed by atoms with Crippen LogP contribution < -0.4 is 0 Å². The lowest BCUT2D eigenvalue weighted by atomic mass is 10.1. The Morgan fingerprint density at radius 2 is 1.63 bits per heavy atom. The van der Waals surface area contributed by atoms with E-state index < -0.39 is 17.5 Å². The summed E-state index contributed by atoms with van der Waals surface area (Å²) in [5, 5.41) is 0. The topological polar surface area (TPSA) is 20.3 Å². The lowest BCUT2D eigenvalue weighted by molar-refractivity contribution is 0.0746. The van der Waals surface area contributed by atoms with Crippen molar-refractivity contribution in [2.45, 2.75) is 13.1 Å². The van der Waals surface area contributed by atoms with Crippen LogP contribution in [-0.4, -0.2) is 10.8 Å². The van der Waals surface area contributed by atoms with Crippen molar-refractivity contribution in [1.82, 2.24) is 4.90 Å². The van der Waals surface area contributed by atoms with Gasteiger partial charge in [0, 0.05) is 13.1 Å². The first-order valence-corrected chi connectivity index (χ1v) is 5.96. The van der Waals surface area contributed by atoms with Crippen LogP contribution in [0, 0.1) is 11.6 Å². The molecule has 1 aliphatic heterocycles. The number of benzene rings is 2. The van der Waals surface area contributed by atoms with E-state index in [9.17, 15) is 13.6 Å². The van der Waals surface area contributed by atoms with Crippen LogP contribution in [0.15, 0.2) is 42.5 Å². The van der Waals surface area contributed by atoms with Crippen molar-refractivity contribution in [3.05, 3.63) is 70.8 Å². The quantitative estimate of drug-likeness (QED) is 0.770. The SMILES string of the molecule is O=C(c1cc(F)ccc1F)N1Cc2ccccc2C1. The lowest BCUT2D eigenvalue weighted by Gasteiger charge is -2.15. The molecule has 1 heterocycles. The predicted molar refractivity (Wildman–Crippen MR) is 66.4 cm³/mol. The van der Waals surface area contributed by atoms with E-state index in [1.165, 1.54) is 4.90 Å². The molecule has 0 aliphatic carbocycles. The predicted octanol–water partition coefficient (Wildman–Crippen LogP) is 3.12. The fourth-order valence-electron chi connectivity index (χ4n) is 2.31. The standard InChI is InChI=1S/C15H11F2NO/c16-12-5-6-14(17)13(7-12)15(19)18-8-10-3-1-2-4-11(10)9-18/h1-7H,8-9H2. The van der Waals surface area contributed by atoms with Gasteiger partial charge in [0.15, 0.2) is 0 Å². The van der Waals surface area contributed by atoms with Gasteiger partial charge in [-0.1, -0.05) is 24.3 Å². The van der Waals surface area contributed by atoms with Crippen LogP contribution in [0.25, 0.3) is 0 Å². The van der Waals surface area contributed by atoms with E-state index in [0.717, 1.165) is 29.3 Å². The van der Waals surface area contributed by atoms with Crippen LogP contribution in [-0.2, 0) is 13.1 Å². The Balaban J connectivity index is 1.89. The molecule has 1 amide bonds. The van der Waals surface area contributed by atoms with E-state index >= 15 is 0 Å². The Kier molecular flexibility index (Phi) is 2.78. The van der Waals surface area contributed by atoms with Gasteiger partial charge in [-0.15, -0.1) is 0 Å². The Labute approximate surface area is 109 Å². The average molecular weight is 259 g/mol. The maximum Gasteiger partial charge on any atom is 0.257 e. The van der Waals surface area contributed by atoms with E-state index in [-0.39, 0.29) is 5.56 Å². The van der Waals surface area contributed by atoms with Crippen molar-refractivity contribution in [1.29, 1.82) is 0 Å². The fraction of sp³-hybridized carbons (Fsp3) is 0.133. The van der Waals surface area contributed by atoms with Crippen molar-refractivity contribution in [3.63, 3.8) is 0 Å². The Bertz CT molecular complexity index is 629. The zero-order valence-corrected chi connectivity index (χ0v) is 10.1. The van der Waals surface area contributed by atoms with Gasteiger partial charge in [0.1, 0.15) is 11.6 Å². The van der Waals surface area contributed by atoms with Crippen molar-refractivity contribution < 1.29 is 13.6 Å². The Hall–Kier alpha value is -2.23. The number of nitrogens with zero attached hydrogens (tertiary/aromatic N) is 1. The molecule has 0 spiro atoms. The molecule has 2 nitrogen and oxygen atoms in total. The van der Waals surface area contributed by atoms with E-state index in [0.29, 0.717) is 13.1 Å². The van der Waals surface area contributed by atoms with Crippen molar-refractivity contribution in [2.75, 3.05) is 0 Å². The molecule has 96 valence electrons. The maximum atomic E-state index is 13.6. The molecule has 1 aliphatic rings. The maximum absolute atomic E-state index is 13.6. The molecule has 2 aromatic carbocycles. The van der Waals surface area contributed by atoms with Gasteiger partial charge in [0.05, 0.1) is 5.56 Å². The summed E-state index contributed by atoms with van der Waals surface area (Å²) in [6, 6.07) is 10.6. The zero-order valence-electron chi connectivity index (χ0n) is 10.1. The molecule has 0 aromatic heterocycles. The zero-order chi connectivity index (χ0) is 13.4. The molecular weight excluding hydrogens is 248 g/mol. The molecule has 3 rings (SSSR count). The number of hydrogen-bond acceptors (Lipinski definition) is 1. The highest BCUT2D eigenvalue weighted by Gasteiger charge is 2.25. The van der Waals surface area contributed by atoms with Crippen LogP contribution in [0.2, 0.25) is 0 Å². The summed E-state index contributed by atoms with van der Waals surface area (Å²) in [6.07, 6.45) is 0. The summed E-state index contributed by atoms with van der Waals surface area (Å²) in [6.45, 7) is 0.871. The molecule has 0 radical (unpaired) electrons. The molecular formula is C15H11F2NO. The summed E-state index contributed by atoms with van der Waals surface area (Å²) in [5.41, 5.74) is 1.88. The van der Waals surface area contributed by atoms with Crippen LogP contribution >= 0.6 is 0 Å². The fourth-order valence-corrected chi connectivity index (χ4v) is 2.31. The molecule has 0 fully saturated rings. The van der Waals surface area contributed by atoms with Crippen molar-refractivity contribution in [2.24, 2.45) is 0 Å². The number of hydrogen-bond donors (Lipinski definition) is 0. The largest absolute Gasteiger partial charge is 0.330 e. The van der Waals surface area contributed by atoms with Crippen molar-refractivity contribution in [3.8, 4) is 0 Å². The molecule has 0 atom stereocenters. The first-order valence-electron chi connectivity index (χ1n) is 5.96. The van der Waals surface area contributed by atoms with E-state index in [2.05, 4.69) is 0 Å². The number of halogens is 2. The third kappa shape index (κ3) is 2.10. The number of fused-ring (bicyclic) bond motifs is 1. The number of amides is 1. The summed E-state index contributed by atoms with van der Waals surface area (Å²) < 4.78 is 26.7. The normalized spacial score (nSPS) is 13.5. The summed E-state index contributed by atoms with van der Waals surface area (Å²) >= 11 is 0. The van der Waals surface area contributed by atoms with Crippen molar-refractivity contribution >= 4 is 5.91 Å². The highest BCUT2D eigenvalue weighted by Crippen LogP contribution is 2.24. The molecule has 0 saturated heterocycles. The van der Waals surface area contributed by atoms with Gasteiger partial charge in [0.25, 0.3) is 5.91 Å². The second kappa shape index (κ2) is 4.46. The summed E-state index contributed by atoms with van der Waals surface area (Å²) in [4.78, 5) is 13.7. The first-order chi connectivity index (χ1) is 9.15. The van der Waals surface area contributed by atoms with Gasteiger partial charge >= 0.3 is 0 Å². The monoisotopic (exact) mass is 259 g/mol. The Morgan fingerprint density at radius 1 is 1.00 bits per heavy atom. The molecule has 0 bridgehead atoms. The molecule has 4 heteroatoms. The third-order valence-electron chi connectivity index (χ3n) is 3.29. The average Bonchev–Trinajstić information content (AvgIpc) is 2.84. The highest BCUT2D eigenvalue weighted by atomic mass is 19.1. The number of rotatable bonds is 1. The van der Waals surface area contributed by atoms with E-state index in [1.807, 2.05) is 24.3 Å². The minimum Gasteiger partial charge on any atom is -0.330 e. The van der Waals surface area contributed by atoms with E-state index in [1.54, 1.807) is 0 Å². The van der Waals surface area contributed by atoms with Crippen LogP contribution in [0.5, 0.6) is 0 Å². The summed E-state index contributed by atoms with van der Waals surface area (Å²) in [7, 11) is 0. The smallest absolute Gasteiger partial charge is 0.257 e. The summed E-state index contributed by atoms with van der Waals surface area (Å²) in [5.74, 6) is -1.78. The molecule has 0 saturated carbocycles. The first kappa shape index (κ1) is 11.8. The number of carbonyl (C=O) groups excluding carboxylic acids is 1. The molecule has 0 unspecified atom stereocenters. The number of carbonyl (C=O) groups is 1. The van der Waals surface area contributed by atoms with Gasteiger partial charge in [-0.2, -0.15) is 0 Å². The molecule has 2 aromatic rings. The van der Waals surface area contributed by atoms with Crippen LogP contribution in [0.1, 0.15) is 21.5 Å². The minimum absolute atomic E-state index is 0.215. The minimum atomic E-state index is -0.692. The van der Waals surface area contributed by atoms with Gasteiger partial charge < -0.3 is 4.90 Å². The third-order valence-corrected chi connectivity index (χ3v) is 3.29. The Morgan fingerprint density at radius 3 is 2.26 bits per heavy atom. The second-order valence-electron chi connectivity index (χ2n) is 4.55. The molecule has 19 heavy (non-hydrogen) atoms. The van der Waals surface area contributed by atoms with Gasteiger partial charge in [-0.05, 0) is 29.3 Å². The lowest BCUT2D eigenvalue weighted by Crippen LogP contribution is -2.26. The second-order valence-corrected chi connectivity index (χ2v) is 4.55. The van der Waals surface area contributed by atoms with E-state index in [4.69, 9.17) is 0 Å². The van der Waals surface area contributed by atoms with Gasteiger partial charge in [-0.3, -0.25) is 4.79 Å².